The normalized spacial score (nSPS) is 12.3. The number of aromatic nitrogens is 1. The second-order valence-corrected chi connectivity index (χ2v) is 6.45. The molecule has 0 spiro atoms. The Morgan fingerprint density at radius 3 is 2.65 bits per heavy atom. The fourth-order valence-electron chi connectivity index (χ4n) is 3.20. The SMILES string of the molecule is COCC(C)NC(=O)CCc1c(-c2ccc(F)cc2)[nH]c2ccccc12. The Bertz CT molecular complexity index is 887. The van der Waals surface area contributed by atoms with E-state index in [1.165, 1.54) is 12.1 Å². The molecule has 0 saturated heterocycles. The summed E-state index contributed by atoms with van der Waals surface area (Å²) in [6, 6.07) is 14.4. The van der Waals surface area contributed by atoms with Crippen LogP contribution in [0.15, 0.2) is 48.5 Å². The molecule has 1 unspecified atom stereocenters. The van der Waals surface area contributed by atoms with Gasteiger partial charge in [-0.3, -0.25) is 4.79 Å². The zero-order valence-corrected chi connectivity index (χ0v) is 15.0. The molecule has 1 aromatic heterocycles. The van der Waals surface area contributed by atoms with Crippen LogP contribution in [0.2, 0.25) is 0 Å². The third-order valence-electron chi connectivity index (χ3n) is 4.37. The van der Waals surface area contributed by atoms with Gasteiger partial charge in [-0.25, -0.2) is 4.39 Å². The number of amides is 1. The van der Waals surface area contributed by atoms with Gasteiger partial charge in [0.05, 0.1) is 6.61 Å². The Kier molecular flexibility index (Phi) is 5.68. The van der Waals surface area contributed by atoms with Crippen LogP contribution in [0.3, 0.4) is 0 Å². The van der Waals surface area contributed by atoms with E-state index in [9.17, 15) is 9.18 Å². The van der Waals surface area contributed by atoms with Crippen molar-refractivity contribution in [1.29, 1.82) is 0 Å². The Morgan fingerprint density at radius 1 is 1.19 bits per heavy atom. The summed E-state index contributed by atoms with van der Waals surface area (Å²) in [4.78, 5) is 15.6. The van der Waals surface area contributed by atoms with Gasteiger partial charge < -0.3 is 15.0 Å². The van der Waals surface area contributed by atoms with Crippen molar-refractivity contribution >= 4 is 16.8 Å². The monoisotopic (exact) mass is 354 g/mol. The summed E-state index contributed by atoms with van der Waals surface area (Å²) in [6.07, 6.45) is 0.979. The van der Waals surface area contributed by atoms with Crippen LogP contribution in [0.4, 0.5) is 4.39 Å². The second kappa shape index (κ2) is 8.15. The number of halogens is 1. The first-order valence-electron chi connectivity index (χ1n) is 8.72. The molecule has 5 heteroatoms. The summed E-state index contributed by atoms with van der Waals surface area (Å²) < 4.78 is 18.3. The lowest BCUT2D eigenvalue weighted by Gasteiger charge is -2.13. The molecule has 4 nitrogen and oxygen atoms in total. The highest BCUT2D eigenvalue weighted by Crippen LogP contribution is 2.31. The lowest BCUT2D eigenvalue weighted by molar-refractivity contribution is -0.122. The molecule has 3 aromatic rings. The zero-order chi connectivity index (χ0) is 18.5. The molecule has 0 saturated carbocycles. The number of hydrogen-bond acceptors (Lipinski definition) is 2. The summed E-state index contributed by atoms with van der Waals surface area (Å²) in [6.45, 7) is 2.40. The van der Waals surface area contributed by atoms with Gasteiger partial charge in [-0.05, 0) is 54.8 Å². The second-order valence-electron chi connectivity index (χ2n) is 6.45. The van der Waals surface area contributed by atoms with Gasteiger partial charge in [-0.15, -0.1) is 0 Å². The van der Waals surface area contributed by atoms with E-state index in [4.69, 9.17) is 4.74 Å². The quantitative estimate of drug-likeness (QED) is 0.672. The minimum absolute atomic E-state index is 0.00936. The number of rotatable bonds is 7. The van der Waals surface area contributed by atoms with Crippen LogP contribution in [0.5, 0.6) is 0 Å². The molecule has 136 valence electrons. The largest absolute Gasteiger partial charge is 0.383 e. The van der Waals surface area contributed by atoms with Crippen LogP contribution < -0.4 is 5.32 Å². The maximum atomic E-state index is 13.3. The molecule has 26 heavy (non-hydrogen) atoms. The highest BCUT2D eigenvalue weighted by Gasteiger charge is 2.15. The summed E-state index contributed by atoms with van der Waals surface area (Å²) in [5.41, 5.74) is 3.92. The number of benzene rings is 2. The van der Waals surface area contributed by atoms with Crippen molar-refractivity contribution in [3.05, 3.63) is 59.9 Å². The van der Waals surface area contributed by atoms with Gasteiger partial charge in [0.1, 0.15) is 5.82 Å². The van der Waals surface area contributed by atoms with E-state index in [1.54, 1.807) is 19.2 Å². The van der Waals surface area contributed by atoms with E-state index >= 15 is 0 Å². The first-order valence-corrected chi connectivity index (χ1v) is 8.72. The number of aryl methyl sites for hydroxylation is 1. The van der Waals surface area contributed by atoms with Gasteiger partial charge in [0.25, 0.3) is 0 Å². The molecule has 0 bridgehead atoms. The molecule has 0 fully saturated rings. The zero-order valence-electron chi connectivity index (χ0n) is 15.0. The van der Waals surface area contributed by atoms with Crippen LogP contribution in [0.25, 0.3) is 22.2 Å². The molecule has 2 N–H and O–H groups in total. The smallest absolute Gasteiger partial charge is 0.220 e. The number of nitrogens with one attached hydrogen (secondary N) is 2. The van der Waals surface area contributed by atoms with Gasteiger partial charge in [0.2, 0.25) is 5.91 Å². The van der Waals surface area contributed by atoms with Crippen molar-refractivity contribution in [2.45, 2.75) is 25.8 Å². The van der Waals surface area contributed by atoms with E-state index in [2.05, 4.69) is 10.3 Å². The molecule has 1 heterocycles. The predicted molar refractivity (Wildman–Crippen MR) is 101 cm³/mol. The highest BCUT2D eigenvalue weighted by atomic mass is 19.1. The first kappa shape index (κ1) is 18.1. The third-order valence-corrected chi connectivity index (χ3v) is 4.37. The Labute approximate surface area is 152 Å². The van der Waals surface area contributed by atoms with E-state index in [0.717, 1.165) is 27.7 Å². The van der Waals surface area contributed by atoms with Gasteiger partial charge >= 0.3 is 0 Å². The number of fused-ring (bicyclic) bond motifs is 1. The maximum Gasteiger partial charge on any atom is 0.220 e. The molecule has 0 aliphatic rings. The number of hydrogen-bond donors (Lipinski definition) is 2. The Morgan fingerprint density at radius 2 is 1.92 bits per heavy atom. The molecule has 2 aromatic carbocycles. The standard InChI is InChI=1S/C21H23FN2O2/c1-14(13-26-2)23-20(25)12-11-18-17-5-3-4-6-19(17)24-21(18)15-7-9-16(22)10-8-15/h3-10,14,24H,11-13H2,1-2H3,(H,23,25). The van der Waals surface area contributed by atoms with Crippen LogP contribution in [-0.2, 0) is 16.0 Å². The van der Waals surface area contributed by atoms with Crippen molar-refractivity contribution in [3.63, 3.8) is 0 Å². The Balaban J connectivity index is 1.85. The number of aromatic amines is 1. The van der Waals surface area contributed by atoms with Crippen LogP contribution >= 0.6 is 0 Å². The molecule has 0 aliphatic carbocycles. The van der Waals surface area contributed by atoms with Crippen molar-refractivity contribution in [2.24, 2.45) is 0 Å². The molecule has 0 radical (unpaired) electrons. The van der Waals surface area contributed by atoms with E-state index in [-0.39, 0.29) is 17.8 Å². The molecular weight excluding hydrogens is 331 g/mol. The summed E-state index contributed by atoms with van der Waals surface area (Å²) in [5, 5.41) is 4.02. The number of carbonyl (C=O) groups is 1. The average molecular weight is 354 g/mol. The van der Waals surface area contributed by atoms with Gasteiger partial charge in [-0.2, -0.15) is 0 Å². The number of H-pyrrole nitrogens is 1. The molecule has 1 atom stereocenters. The van der Waals surface area contributed by atoms with Gasteiger partial charge in [-0.1, -0.05) is 18.2 Å². The van der Waals surface area contributed by atoms with Crippen molar-refractivity contribution in [2.75, 3.05) is 13.7 Å². The van der Waals surface area contributed by atoms with Gasteiger partial charge in [0, 0.05) is 36.2 Å². The minimum atomic E-state index is -0.266. The van der Waals surface area contributed by atoms with E-state index < -0.39 is 0 Å². The predicted octanol–water partition coefficient (Wildman–Crippen LogP) is 4.06. The van der Waals surface area contributed by atoms with Crippen molar-refractivity contribution in [3.8, 4) is 11.3 Å². The molecule has 1 amide bonds. The lowest BCUT2D eigenvalue weighted by Crippen LogP contribution is -2.35. The molecular formula is C21H23FN2O2. The lowest BCUT2D eigenvalue weighted by atomic mass is 10.0. The third kappa shape index (κ3) is 4.11. The number of carbonyl (C=O) groups excluding carboxylic acids is 1. The summed E-state index contributed by atoms with van der Waals surface area (Å²) in [7, 11) is 1.61. The highest BCUT2D eigenvalue weighted by molar-refractivity contribution is 5.91. The molecule has 3 rings (SSSR count). The summed E-state index contributed by atoms with van der Waals surface area (Å²) in [5.74, 6) is -0.275. The number of methoxy groups -OCH3 is 1. The van der Waals surface area contributed by atoms with Gasteiger partial charge in [0.15, 0.2) is 0 Å². The first-order chi connectivity index (χ1) is 12.6. The van der Waals surface area contributed by atoms with Crippen LogP contribution in [0, 0.1) is 5.82 Å². The van der Waals surface area contributed by atoms with Crippen molar-refractivity contribution in [1.82, 2.24) is 10.3 Å². The topological polar surface area (TPSA) is 54.1 Å². The van der Waals surface area contributed by atoms with E-state index in [0.29, 0.717) is 19.4 Å². The van der Waals surface area contributed by atoms with Crippen LogP contribution in [-0.4, -0.2) is 30.6 Å². The minimum Gasteiger partial charge on any atom is -0.383 e. The number of ether oxygens (including phenoxy) is 1. The average Bonchev–Trinajstić information content (AvgIpc) is 2.99. The van der Waals surface area contributed by atoms with E-state index in [1.807, 2.05) is 31.2 Å². The molecule has 0 aliphatic heterocycles. The maximum absolute atomic E-state index is 13.3. The fraction of sp³-hybridized carbons (Fsp3) is 0.286. The summed E-state index contributed by atoms with van der Waals surface area (Å²) >= 11 is 0. The van der Waals surface area contributed by atoms with Crippen molar-refractivity contribution < 1.29 is 13.9 Å². The Hall–Kier alpha value is -2.66. The fourth-order valence-corrected chi connectivity index (χ4v) is 3.20. The van der Waals surface area contributed by atoms with Crippen LogP contribution in [0.1, 0.15) is 18.9 Å². The number of para-hydroxylation sites is 1.